The molecule has 1 heterocycles. The minimum absolute atomic E-state index is 0.0569. The molecule has 0 aromatic heterocycles. The molecule has 21 heavy (non-hydrogen) atoms. The van der Waals surface area contributed by atoms with Gasteiger partial charge >= 0.3 is 0 Å². The fourth-order valence-electron chi connectivity index (χ4n) is 2.67. The van der Waals surface area contributed by atoms with E-state index in [1.54, 1.807) is 4.31 Å². The van der Waals surface area contributed by atoms with Crippen LogP contribution < -0.4 is 5.32 Å². The van der Waals surface area contributed by atoms with Gasteiger partial charge < -0.3 is 5.32 Å². The normalized spacial score (nSPS) is 20.7. The van der Waals surface area contributed by atoms with E-state index in [9.17, 15) is 8.42 Å². The Bertz CT molecular complexity index is 614. The largest absolute Gasteiger partial charge is 0.316 e. The van der Waals surface area contributed by atoms with Gasteiger partial charge in [-0.2, -0.15) is 16.1 Å². The van der Waals surface area contributed by atoms with Crippen LogP contribution in [0.15, 0.2) is 17.0 Å². The molecule has 1 aliphatic rings. The molecular weight excluding hydrogens is 304 g/mol. The van der Waals surface area contributed by atoms with Gasteiger partial charge in [0, 0.05) is 30.6 Å². The first-order valence-corrected chi connectivity index (χ1v) is 9.81. The van der Waals surface area contributed by atoms with Gasteiger partial charge in [0.05, 0.1) is 4.90 Å². The Balaban J connectivity index is 2.48. The fourth-order valence-corrected chi connectivity index (χ4v) is 5.87. The van der Waals surface area contributed by atoms with Gasteiger partial charge in [0.2, 0.25) is 10.0 Å². The highest BCUT2D eigenvalue weighted by molar-refractivity contribution is 7.99. The van der Waals surface area contributed by atoms with Crippen molar-refractivity contribution in [2.45, 2.75) is 38.3 Å². The topological polar surface area (TPSA) is 49.4 Å². The maximum absolute atomic E-state index is 13.0. The van der Waals surface area contributed by atoms with Gasteiger partial charge in [-0.05, 0) is 50.6 Å². The summed E-state index contributed by atoms with van der Waals surface area (Å²) < 4.78 is 27.7. The standard InChI is InChI=1S/C15H24N2O2S2/c1-11-7-14(9-16-4)8-15(13(11)3)21(18,19)17-5-6-20-10-12(17)2/h7-8,12,16H,5-6,9-10H2,1-4H3. The lowest BCUT2D eigenvalue weighted by molar-refractivity contribution is 0.367. The molecule has 118 valence electrons. The minimum atomic E-state index is -3.41. The maximum atomic E-state index is 13.0. The Morgan fingerprint density at radius 2 is 2.10 bits per heavy atom. The predicted octanol–water partition coefficient (Wildman–Crippen LogP) is 2.15. The van der Waals surface area contributed by atoms with Crippen LogP contribution in [0.4, 0.5) is 0 Å². The third kappa shape index (κ3) is 3.44. The third-order valence-electron chi connectivity index (χ3n) is 3.95. The van der Waals surface area contributed by atoms with Crippen LogP contribution in [0.2, 0.25) is 0 Å². The quantitative estimate of drug-likeness (QED) is 0.920. The summed E-state index contributed by atoms with van der Waals surface area (Å²) in [6.07, 6.45) is 0. The Labute approximate surface area is 132 Å². The van der Waals surface area contributed by atoms with Crippen LogP contribution in [0, 0.1) is 13.8 Å². The summed E-state index contributed by atoms with van der Waals surface area (Å²) in [5.74, 6) is 1.74. The zero-order valence-corrected chi connectivity index (χ0v) is 14.8. The van der Waals surface area contributed by atoms with Gasteiger partial charge in [0.25, 0.3) is 0 Å². The summed E-state index contributed by atoms with van der Waals surface area (Å²) in [7, 11) is -1.54. The molecule has 0 saturated carbocycles. The molecule has 0 bridgehead atoms. The highest BCUT2D eigenvalue weighted by Gasteiger charge is 2.32. The number of benzene rings is 1. The second kappa shape index (κ2) is 6.69. The summed E-state index contributed by atoms with van der Waals surface area (Å²) in [5.41, 5.74) is 2.90. The Kier molecular flexibility index (Phi) is 5.35. The van der Waals surface area contributed by atoms with Gasteiger partial charge in [-0.1, -0.05) is 6.07 Å². The Morgan fingerprint density at radius 1 is 1.38 bits per heavy atom. The molecule has 0 spiro atoms. The molecule has 1 aromatic carbocycles. The van der Waals surface area contributed by atoms with Crippen LogP contribution in [-0.4, -0.2) is 43.9 Å². The van der Waals surface area contributed by atoms with Gasteiger partial charge in [-0.15, -0.1) is 0 Å². The molecule has 1 unspecified atom stereocenters. The summed E-state index contributed by atoms with van der Waals surface area (Å²) in [6.45, 7) is 7.14. The molecule has 2 rings (SSSR count). The summed E-state index contributed by atoms with van der Waals surface area (Å²) >= 11 is 1.82. The van der Waals surface area contributed by atoms with E-state index < -0.39 is 10.0 Å². The second-order valence-corrected chi connectivity index (χ2v) is 8.61. The Morgan fingerprint density at radius 3 is 2.71 bits per heavy atom. The number of aryl methyl sites for hydroxylation is 1. The first kappa shape index (κ1) is 16.8. The van der Waals surface area contributed by atoms with Gasteiger partial charge in [0.15, 0.2) is 0 Å². The van der Waals surface area contributed by atoms with Crippen molar-refractivity contribution in [3.8, 4) is 0 Å². The first-order chi connectivity index (χ1) is 9.87. The lowest BCUT2D eigenvalue weighted by Crippen LogP contribution is -2.44. The molecule has 1 saturated heterocycles. The van der Waals surface area contributed by atoms with E-state index in [4.69, 9.17) is 0 Å². The minimum Gasteiger partial charge on any atom is -0.316 e. The number of thioether (sulfide) groups is 1. The summed E-state index contributed by atoms with van der Waals surface area (Å²) in [6, 6.07) is 3.93. The second-order valence-electron chi connectivity index (χ2n) is 5.61. The molecule has 4 nitrogen and oxygen atoms in total. The van der Waals surface area contributed by atoms with Crippen LogP contribution in [-0.2, 0) is 16.6 Å². The van der Waals surface area contributed by atoms with Crippen molar-refractivity contribution >= 4 is 21.8 Å². The molecule has 1 atom stereocenters. The van der Waals surface area contributed by atoms with E-state index in [1.807, 2.05) is 45.6 Å². The number of hydrogen-bond donors (Lipinski definition) is 1. The van der Waals surface area contributed by atoms with Crippen LogP contribution in [0.25, 0.3) is 0 Å². The predicted molar refractivity (Wildman–Crippen MR) is 89.4 cm³/mol. The highest BCUT2D eigenvalue weighted by Crippen LogP contribution is 2.28. The van der Waals surface area contributed by atoms with Crippen molar-refractivity contribution in [2.75, 3.05) is 25.1 Å². The van der Waals surface area contributed by atoms with Gasteiger partial charge in [0.1, 0.15) is 0 Å². The van der Waals surface area contributed by atoms with E-state index in [-0.39, 0.29) is 6.04 Å². The highest BCUT2D eigenvalue weighted by atomic mass is 32.2. The lowest BCUT2D eigenvalue weighted by Gasteiger charge is -2.32. The molecule has 6 heteroatoms. The summed E-state index contributed by atoms with van der Waals surface area (Å²) in [5, 5.41) is 3.09. The average Bonchev–Trinajstić information content (AvgIpc) is 2.43. The van der Waals surface area contributed by atoms with E-state index >= 15 is 0 Å². The van der Waals surface area contributed by atoms with E-state index in [0.717, 1.165) is 28.2 Å². The van der Waals surface area contributed by atoms with Crippen LogP contribution >= 0.6 is 11.8 Å². The van der Waals surface area contributed by atoms with Crippen molar-refractivity contribution in [3.05, 3.63) is 28.8 Å². The first-order valence-electron chi connectivity index (χ1n) is 7.22. The van der Waals surface area contributed by atoms with Crippen LogP contribution in [0.1, 0.15) is 23.6 Å². The molecule has 0 radical (unpaired) electrons. The molecule has 1 fully saturated rings. The van der Waals surface area contributed by atoms with Gasteiger partial charge in [-0.25, -0.2) is 8.42 Å². The number of nitrogens with one attached hydrogen (secondary N) is 1. The zero-order valence-electron chi connectivity index (χ0n) is 13.1. The molecule has 0 amide bonds. The number of nitrogens with zero attached hydrogens (tertiary/aromatic N) is 1. The third-order valence-corrected chi connectivity index (χ3v) is 7.28. The number of rotatable bonds is 4. The van der Waals surface area contributed by atoms with Crippen molar-refractivity contribution < 1.29 is 8.42 Å². The summed E-state index contributed by atoms with van der Waals surface area (Å²) in [4.78, 5) is 0.464. The number of hydrogen-bond acceptors (Lipinski definition) is 4. The molecular formula is C15H24N2O2S2. The molecule has 0 aliphatic carbocycles. The van der Waals surface area contributed by atoms with Gasteiger partial charge in [-0.3, -0.25) is 0 Å². The van der Waals surface area contributed by atoms with Crippen LogP contribution in [0.3, 0.4) is 0 Å². The Hall–Kier alpha value is -0.560. The smallest absolute Gasteiger partial charge is 0.243 e. The monoisotopic (exact) mass is 328 g/mol. The molecule has 1 aliphatic heterocycles. The number of sulfonamides is 1. The van der Waals surface area contributed by atoms with Crippen LogP contribution in [0.5, 0.6) is 0 Å². The van der Waals surface area contributed by atoms with Crippen molar-refractivity contribution in [2.24, 2.45) is 0 Å². The molecule has 1 aromatic rings. The van der Waals surface area contributed by atoms with E-state index in [2.05, 4.69) is 11.4 Å². The lowest BCUT2D eigenvalue weighted by atomic mass is 10.1. The average molecular weight is 329 g/mol. The molecule has 1 N–H and O–H groups in total. The maximum Gasteiger partial charge on any atom is 0.243 e. The van der Waals surface area contributed by atoms with Crippen molar-refractivity contribution in [1.29, 1.82) is 0 Å². The zero-order chi connectivity index (χ0) is 15.6. The van der Waals surface area contributed by atoms with Crippen molar-refractivity contribution in [1.82, 2.24) is 9.62 Å². The SMILES string of the molecule is CNCc1cc(C)c(C)c(S(=O)(=O)N2CCSCC2C)c1. The fraction of sp³-hybridized carbons (Fsp3) is 0.600. The van der Waals surface area contributed by atoms with E-state index in [1.165, 1.54) is 0 Å². The van der Waals surface area contributed by atoms with Crippen molar-refractivity contribution in [3.63, 3.8) is 0 Å². The van der Waals surface area contributed by atoms with E-state index in [0.29, 0.717) is 18.0 Å².